The molecule has 1 saturated carbocycles. The van der Waals surface area contributed by atoms with Crippen LogP contribution in [0.3, 0.4) is 0 Å². The number of pyridine rings is 1. The summed E-state index contributed by atoms with van der Waals surface area (Å²) in [5.74, 6) is 2.23. The van der Waals surface area contributed by atoms with Gasteiger partial charge in [0.15, 0.2) is 0 Å². The van der Waals surface area contributed by atoms with E-state index in [0.717, 1.165) is 18.3 Å². The van der Waals surface area contributed by atoms with Crippen molar-refractivity contribution >= 4 is 0 Å². The molecule has 2 rings (SSSR count). The van der Waals surface area contributed by atoms with Gasteiger partial charge in [-0.05, 0) is 46.1 Å². The highest BCUT2D eigenvalue weighted by Gasteiger charge is 2.33. The summed E-state index contributed by atoms with van der Waals surface area (Å²) in [5, 5.41) is 0. The van der Waals surface area contributed by atoms with E-state index in [4.69, 9.17) is 0 Å². The van der Waals surface area contributed by atoms with Gasteiger partial charge >= 0.3 is 0 Å². The van der Waals surface area contributed by atoms with Gasteiger partial charge in [-0.25, -0.2) is 0 Å². The van der Waals surface area contributed by atoms with Crippen LogP contribution < -0.4 is 0 Å². The Balaban J connectivity index is 2.11. The van der Waals surface area contributed by atoms with Gasteiger partial charge in [-0.15, -0.1) is 0 Å². The maximum absolute atomic E-state index is 4.58. The summed E-state index contributed by atoms with van der Waals surface area (Å²) in [5.41, 5.74) is 3.43. The van der Waals surface area contributed by atoms with Gasteiger partial charge < -0.3 is 0 Å². The van der Waals surface area contributed by atoms with Crippen molar-refractivity contribution in [2.24, 2.45) is 22.7 Å². The quantitative estimate of drug-likeness (QED) is 0.565. The van der Waals surface area contributed by atoms with Gasteiger partial charge in [0.2, 0.25) is 0 Å². The van der Waals surface area contributed by atoms with Crippen LogP contribution in [0.2, 0.25) is 0 Å². The summed E-state index contributed by atoms with van der Waals surface area (Å²) in [6.45, 7) is 16.7. The Morgan fingerprint density at radius 1 is 1.00 bits per heavy atom. The van der Waals surface area contributed by atoms with E-state index in [9.17, 15) is 0 Å². The molecular weight excluding hydrogens is 290 g/mol. The zero-order chi connectivity index (χ0) is 18.0. The lowest BCUT2D eigenvalue weighted by atomic mass is 9.66. The second-order valence-electron chi connectivity index (χ2n) is 10.1. The van der Waals surface area contributed by atoms with E-state index in [2.05, 4.69) is 71.9 Å². The average Bonchev–Trinajstić information content (AvgIpc) is 2.53. The van der Waals surface area contributed by atoms with Crippen molar-refractivity contribution in [1.29, 1.82) is 0 Å². The van der Waals surface area contributed by atoms with E-state index >= 15 is 0 Å². The maximum atomic E-state index is 4.58. The van der Waals surface area contributed by atoms with Crippen molar-refractivity contribution in [2.75, 3.05) is 0 Å². The second kappa shape index (κ2) is 7.58. The minimum Gasteiger partial charge on any atom is -0.264 e. The van der Waals surface area contributed by atoms with Crippen LogP contribution in [0, 0.1) is 22.7 Å². The Morgan fingerprint density at radius 2 is 1.62 bits per heavy atom. The number of hydrogen-bond donors (Lipinski definition) is 0. The van der Waals surface area contributed by atoms with Crippen LogP contribution in [0.1, 0.15) is 97.6 Å². The molecule has 0 radical (unpaired) electrons. The van der Waals surface area contributed by atoms with Crippen molar-refractivity contribution in [3.63, 3.8) is 0 Å². The van der Waals surface area contributed by atoms with E-state index in [1.165, 1.54) is 43.2 Å². The average molecular weight is 330 g/mol. The lowest BCUT2D eigenvalue weighted by Crippen LogP contribution is -2.31. The largest absolute Gasteiger partial charge is 0.264 e. The highest BCUT2D eigenvalue weighted by molar-refractivity contribution is 5.23. The number of nitrogens with zero attached hydrogens (tertiary/aromatic N) is 1. The van der Waals surface area contributed by atoms with Gasteiger partial charge in [-0.3, -0.25) is 4.98 Å². The van der Waals surface area contributed by atoms with E-state index < -0.39 is 0 Å². The molecule has 1 heteroatoms. The number of rotatable bonds is 5. The fraction of sp³-hybridized carbons (Fsp3) is 0.783. The van der Waals surface area contributed by atoms with E-state index in [0.29, 0.717) is 11.3 Å². The summed E-state index contributed by atoms with van der Waals surface area (Å²) < 4.78 is 0. The second-order valence-corrected chi connectivity index (χ2v) is 10.1. The highest BCUT2D eigenvalue weighted by atomic mass is 14.6. The van der Waals surface area contributed by atoms with Crippen LogP contribution >= 0.6 is 0 Å². The van der Waals surface area contributed by atoms with Gasteiger partial charge in [-0.2, -0.15) is 0 Å². The normalized spacial score (nSPS) is 20.0. The summed E-state index contributed by atoms with van der Waals surface area (Å²) in [4.78, 5) is 4.58. The van der Waals surface area contributed by atoms with Crippen LogP contribution in [0.4, 0.5) is 0 Å². The molecule has 1 fully saturated rings. The van der Waals surface area contributed by atoms with Gasteiger partial charge in [0.25, 0.3) is 0 Å². The lowest BCUT2D eigenvalue weighted by molar-refractivity contribution is 0.124. The van der Waals surface area contributed by atoms with Crippen LogP contribution in [0.15, 0.2) is 18.5 Å². The van der Waals surface area contributed by atoms with Crippen molar-refractivity contribution in [3.05, 3.63) is 29.6 Å². The molecule has 0 spiro atoms. The molecule has 1 nitrogen and oxygen atoms in total. The highest BCUT2D eigenvalue weighted by Crippen LogP contribution is 2.42. The first-order chi connectivity index (χ1) is 11.1. The molecule has 136 valence electrons. The molecule has 0 amide bonds. The van der Waals surface area contributed by atoms with Crippen molar-refractivity contribution in [3.8, 4) is 0 Å². The van der Waals surface area contributed by atoms with Crippen LogP contribution in [-0.4, -0.2) is 4.98 Å². The van der Waals surface area contributed by atoms with Gasteiger partial charge in [0.1, 0.15) is 0 Å². The zero-order valence-electron chi connectivity index (χ0n) is 17.2. The minimum atomic E-state index is 0.283. The van der Waals surface area contributed by atoms with E-state index in [1.807, 2.05) is 0 Å². The van der Waals surface area contributed by atoms with Crippen LogP contribution in [0.5, 0.6) is 0 Å². The summed E-state index contributed by atoms with van der Waals surface area (Å²) in [7, 11) is 0. The molecule has 0 saturated heterocycles. The Morgan fingerprint density at radius 3 is 2.21 bits per heavy atom. The first-order valence-corrected chi connectivity index (χ1v) is 10.0. The summed E-state index contributed by atoms with van der Waals surface area (Å²) in [6, 6.07) is 2.41. The lowest BCUT2D eigenvalue weighted by Gasteiger charge is -2.39. The van der Waals surface area contributed by atoms with Gasteiger partial charge in [0.05, 0.1) is 0 Å². The number of aromatic nitrogens is 1. The number of hydrogen-bond acceptors (Lipinski definition) is 1. The molecule has 1 aliphatic carbocycles. The fourth-order valence-corrected chi connectivity index (χ4v) is 4.30. The third kappa shape index (κ3) is 4.83. The van der Waals surface area contributed by atoms with Crippen molar-refractivity contribution in [1.82, 2.24) is 4.98 Å². The molecule has 0 aromatic carbocycles. The molecular formula is C23H39N. The summed E-state index contributed by atoms with van der Waals surface area (Å²) in [6.07, 6.45) is 12.5. The predicted octanol–water partition coefficient (Wildman–Crippen LogP) is 7.02. The van der Waals surface area contributed by atoms with Crippen molar-refractivity contribution < 1.29 is 0 Å². The van der Waals surface area contributed by atoms with Gasteiger partial charge in [0, 0.05) is 12.4 Å². The first-order valence-electron chi connectivity index (χ1n) is 10.0. The first kappa shape index (κ1) is 19.5. The Hall–Kier alpha value is -0.850. The standard InChI is InChI=1S/C23H39N/c1-17(22(3,4)5)21-13-19(15-24-16-21)14-23(6,7)18(2)20-11-9-8-10-12-20/h13,15-18,20H,8-12,14H2,1-7H3/t17-,18-/m0/s1. The Labute approximate surface area is 150 Å². The maximum Gasteiger partial charge on any atom is 0.0302 e. The molecule has 1 aromatic heterocycles. The van der Waals surface area contributed by atoms with E-state index in [-0.39, 0.29) is 5.41 Å². The van der Waals surface area contributed by atoms with Gasteiger partial charge in [-0.1, -0.05) is 86.6 Å². The predicted molar refractivity (Wildman–Crippen MR) is 105 cm³/mol. The third-order valence-electron chi connectivity index (χ3n) is 6.86. The molecule has 0 unspecified atom stereocenters. The third-order valence-corrected chi connectivity index (χ3v) is 6.86. The van der Waals surface area contributed by atoms with Crippen LogP contribution in [-0.2, 0) is 6.42 Å². The summed E-state index contributed by atoms with van der Waals surface area (Å²) >= 11 is 0. The Kier molecular flexibility index (Phi) is 6.15. The molecule has 0 N–H and O–H groups in total. The molecule has 1 heterocycles. The zero-order valence-corrected chi connectivity index (χ0v) is 17.2. The molecule has 0 aliphatic heterocycles. The van der Waals surface area contributed by atoms with Crippen LogP contribution in [0.25, 0.3) is 0 Å². The minimum absolute atomic E-state index is 0.283. The molecule has 1 aromatic rings. The Bertz CT molecular complexity index is 517. The topological polar surface area (TPSA) is 12.9 Å². The molecule has 0 bridgehead atoms. The molecule has 2 atom stereocenters. The molecule has 24 heavy (non-hydrogen) atoms. The monoisotopic (exact) mass is 329 g/mol. The fourth-order valence-electron chi connectivity index (χ4n) is 4.30. The van der Waals surface area contributed by atoms with Crippen molar-refractivity contribution in [2.45, 2.75) is 92.9 Å². The van der Waals surface area contributed by atoms with E-state index in [1.54, 1.807) is 0 Å². The SMILES string of the molecule is C[C@@H](c1cncc(CC(C)(C)[C@@H](C)C2CCCCC2)c1)C(C)(C)C. The smallest absolute Gasteiger partial charge is 0.0302 e. The molecule has 1 aliphatic rings.